The van der Waals surface area contributed by atoms with Crippen LogP contribution >= 0.6 is 0 Å². The summed E-state index contributed by atoms with van der Waals surface area (Å²) >= 11 is 0. The van der Waals surface area contributed by atoms with Crippen molar-refractivity contribution in [3.63, 3.8) is 0 Å². The lowest BCUT2D eigenvalue weighted by molar-refractivity contribution is -0.138. The van der Waals surface area contributed by atoms with E-state index in [9.17, 15) is 19.2 Å². The average molecular weight is 660 g/mol. The fourth-order valence-corrected chi connectivity index (χ4v) is 6.29. The van der Waals surface area contributed by atoms with Gasteiger partial charge in [-0.15, -0.1) is 0 Å². The molecule has 3 N–H and O–H groups in total. The minimum Gasteiger partial charge on any atom is -0.457 e. The number of rotatable bonds is 5. The molecule has 0 aliphatic carbocycles. The van der Waals surface area contributed by atoms with Crippen molar-refractivity contribution < 1.29 is 23.9 Å². The lowest BCUT2D eigenvalue weighted by Gasteiger charge is -2.28. The highest BCUT2D eigenvalue weighted by Gasteiger charge is 2.34. The molecule has 4 amide bonds. The van der Waals surface area contributed by atoms with Crippen LogP contribution in [0, 0.1) is 12.8 Å². The number of pyridine rings is 1. The smallest absolute Gasteiger partial charge is 0.252 e. The molecule has 0 saturated heterocycles. The van der Waals surface area contributed by atoms with Crippen LogP contribution in [0.25, 0.3) is 0 Å². The number of amides is 4. The second-order valence-electron chi connectivity index (χ2n) is 13.2. The number of fused-ring (bicyclic) bond motifs is 12. The molecular formula is C39H41N5O5. The summed E-state index contributed by atoms with van der Waals surface area (Å²) in [6.45, 7) is 6.66. The van der Waals surface area contributed by atoms with E-state index < -0.39 is 35.8 Å². The van der Waals surface area contributed by atoms with Crippen LogP contribution in [0.3, 0.4) is 0 Å². The number of ether oxygens (including phenoxy) is 1. The molecule has 4 aromatic rings. The predicted octanol–water partition coefficient (Wildman–Crippen LogP) is 4.64. The Hall–Kier alpha value is -5.51. The van der Waals surface area contributed by atoms with Crippen molar-refractivity contribution in [2.24, 2.45) is 5.92 Å². The summed E-state index contributed by atoms with van der Waals surface area (Å²) < 4.78 is 6.07. The van der Waals surface area contributed by atoms with Gasteiger partial charge < -0.3 is 25.6 Å². The standard InChI is InChI=1S/C39H41N5O5/c1-24(2)16-33-37(46)43-35(39(48)44-22-29-17-25(3)40-21-30(29)23-44)19-27-12-14-31(15-13-27)49-32-11-7-10-28(20-32)36(45)41-34(38(47)42-33)18-26-8-5-4-6-9-26/h4-15,17,20-21,24,33-35H,16,18-19,22-23H2,1-3H3,(H,41,45)(H,42,47)(H,43,46)/t33-,34+,35-/m0/s1. The molecule has 1 aromatic heterocycles. The maximum Gasteiger partial charge on any atom is 0.252 e. The molecular weight excluding hydrogens is 618 g/mol. The number of nitrogens with one attached hydrogen (secondary N) is 3. The van der Waals surface area contributed by atoms with Crippen LogP contribution in [-0.2, 0) is 40.3 Å². The number of nitrogens with zero attached hydrogens (tertiary/aromatic N) is 2. The fraction of sp³-hybridized carbons (Fsp3) is 0.308. The van der Waals surface area contributed by atoms with Gasteiger partial charge in [-0.05, 0) is 77.9 Å². The van der Waals surface area contributed by atoms with Gasteiger partial charge in [0.1, 0.15) is 29.6 Å². The number of carbonyl (C=O) groups is 4. The van der Waals surface area contributed by atoms with E-state index >= 15 is 0 Å². The zero-order chi connectivity index (χ0) is 34.5. The summed E-state index contributed by atoms with van der Waals surface area (Å²) in [5.41, 5.74) is 4.89. The molecule has 10 nitrogen and oxygen atoms in total. The molecule has 3 aliphatic rings. The van der Waals surface area contributed by atoms with Crippen molar-refractivity contribution in [1.29, 1.82) is 0 Å². The molecule has 10 heteroatoms. The molecule has 0 saturated carbocycles. The Labute approximate surface area is 286 Å². The van der Waals surface area contributed by atoms with Gasteiger partial charge in [0, 0.05) is 43.4 Å². The molecule has 7 rings (SSSR count). The van der Waals surface area contributed by atoms with Crippen LogP contribution in [0.5, 0.6) is 11.5 Å². The van der Waals surface area contributed by atoms with E-state index in [-0.39, 0.29) is 24.7 Å². The highest BCUT2D eigenvalue weighted by molar-refractivity contribution is 5.99. The minimum atomic E-state index is -0.981. The van der Waals surface area contributed by atoms with Gasteiger partial charge in [0.25, 0.3) is 5.91 Å². The summed E-state index contributed by atoms with van der Waals surface area (Å²) in [4.78, 5) is 61.8. The van der Waals surface area contributed by atoms with Crippen LogP contribution in [0.2, 0.25) is 0 Å². The van der Waals surface area contributed by atoms with Gasteiger partial charge in [-0.2, -0.15) is 0 Å². The number of hydrogen-bond acceptors (Lipinski definition) is 6. The first kappa shape index (κ1) is 33.4. The van der Waals surface area contributed by atoms with E-state index in [0.29, 0.717) is 36.6 Å². The summed E-state index contributed by atoms with van der Waals surface area (Å²) in [5.74, 6) is -0.588. The number of carbonyl (C=O) groups excluding carboxylic acids is 4. The van der Waals surface area contributed by atoms with Crippen molar-refractivity contribution in [1.82, 2.24) is 25.8 Å². The Morgan fingerprint density at radius 3 is 2.33 bits per heavy atom. The fourth-order valence-electron chi connectivity index (χ4n) is 6.29. The highest BCUT2D eigenvalue weighted by atomic mass is 16.5. The number of benzene rings is 3. The van der Waals surface area contributed by atoms with Crippen LogP contribution in [0.15, 0.2) is 91.1 Å². The van der Waals surface area contributed by atoms with Gasteiger partial charge in [-0.25, -0.2) is 0 Å². The van der Waals surface area contributed by atoms with Crippen LogP contribution in [0.1, 0.15) is 58.6 Å². The zero-order valence-electron chi connectivity index (χ0n) is 27.9. The molecule has 4 bridgehead atoms. The summed E-state index contributed by atoms with van der Waals surface area (Å²) in [6.07, 6.45) is 2.58. The number of aromatic nitrogens is 1. The molecule has 3 aromatic carbocycles. The molecule has 0 spiro atoms. The Kier molecular flexibility index (Phi) is 10.0. The Balaban J connectivity index is 1.34. The Bertz CT molecular complexity index is 1840. The van der Waals surface area contributed by atoms with E-state index in [1.54, 1.807) is 47.5 Å². The van der Waals surface area contributed by atoms with Gasteiger partial charge in [0.2, 0.25) is 17.7 Å². The van der Waals surface area contributed by atoms with E-state index in [1.165, 1.54) is 0 Å². The first-order valence-electron chi connectivity index (χ1n) is 16.7. The minimum absolute atomic E-state index is 0.0457. The lowest BCUT2D eigenvalue weighted by Crippen LogP contribution is -2.57. The Morgan fingerprint density at radius 2 is 1.57 bits per heavy atom. The van der Waals surface area contributed by atoms with Crippen LogP contribution in [0.4, 0.5) is 0 Å². The van der Waals surface area contributed by atoms with E-state index in [2.05, 4.69) is 20.9 Å². The second-order valence-corrected chi connectivity index (χ2v) is 13.2. The molecule has 0 radical (unpaired) electrons. The number of hydrogen-bond donors (Lipinski definition) is 3. The third-order valence-electron chi connectivity index (χ3n) is 8.81. The van der Waals surface area contributed by atoms with Gasteiger partial charge in [-0.1, -0.05) is 62.4 Å². The molecule has 3 atom stereocenters. The summed E-state index contributed by atoms with van der Waals surface area (Å²) in [5, 5.41) is 8.80. The lowest BCUT2D eigenvalue weighted by atomic mass is 9.99. The molecule has 0 fully saturated rings. The maximum atomic E-state index is 14.1. The molecule has 0 unspecified atom stereocenters. The normalized spacial score (nSPS) is 19.6. The average Bonchev–Trinajstić information content (AvgIpc) is 3.51. The summed E-state index contributed by atoms with van der Waals surface area (Å²) in [7, 11) is 0. The van der Waals surface area contributed by atoms with Gasteiger partial charge in [0.05, 0.1) is 0 Å². The van der Waals surface area contributed by atoms with Crippen LogP contribution in [-0.4, -0.2) is 51.6 Å². The highest BCUT2D eigenvalue weighted by Crippen LogP contribution is 2.26. The van der Waals surface area contributed by atoms with Gasteiger partial charge >= 0.3 is 0 Å². The topological polar surface area (TPSA) is 130 Å². The first-order valence-corrected chi connectivity index (χ1v) is 16.7. The van der Waals surface area contributed by atoms with Crippen molar-refractivity contribution in [2.75, 3.05) is 0 Å². The van der Waals surface area contributed by atoms with Crippen molar-refractivity contribution >= 4 is 23.6 Å². The number of aryl methyl sites for hydroxylation is 1. The zero-order valence-corrected chi connectivity index (χ0v) is 27.9. The van der Waals surface area contributed by atoms with E-state index in [4.69, 9.17) is 4.74 Å². The van der Waals surface area contributed by atoms with Gasteiger partial charge in [0.15, 0.2) is 0 Å². The molecule has 252 valence electrons. The van der Waals surface area contributed by atoms with Crippen molar-refractivity contribution in [3.05, 3.63) is 125 Å². The molecule has 49 heavy (non-hydrogen) atoms. The summed E-state index contributed by atoms with van der Waals surface area (Å²) in [6, 6.07) is 22.6. The first-order chi connectivity index (χ1) is 23.6. The monoisotopic (exact) mass is 659 g/mol. The molecule has 4 heterocycles. The maximum absolute atomic E-state index is 14.1. The van der Waals surface area contributed by atoms with Crippen molar-refractivity contribution in [2.45, 2.75) is 71.2 Å². The van der Waals surface area contributed by atoms with E-state index in [1.807, 2.05) is 69.3 Å². The van der Waals surface area contributed by atoms with E-state index in [0.717, 1.165) is 27.9 Å². The third kappa shape index (κ3) is 8.32. The molecule has 3 aliphatic heterocycles. The van der Waals surface area contributed by atoms with Crippen molar-refractivity contribution in [3.8, 4) is 11.5 Å². The van der Waals surface area contributed by atoms with Crippen LogP contribution < -0.4 is 20.7 Å². The third-order valence-corrected chi connectivity index (χ3v) is 8.81. The Morgan fingerprint density at radius 1 is 0.837 bits per heavy atom. The largest absolute Gasteiger partial charge is 0.457 e. The van der Waals surface area contributed by atoms with Gasteiger partial charge in [-0.3, -0.25) is 24.2 Å². The predicted molar refractivity (Wildman–Crippen MR) is 185 cm³/mol. The second kappa shape index (κ2) is 14.7. The quantitative estimate of drug-likeness (QED) is 0.268. The SMILES string of the molecule is Cc1cc2c(cn1)CN(C(=O)[C@@H]1Cc3ccc(cc3)Oc3cccc(c3)C(=O)N[C@H](Cc3ccccc3)C(=O)N[C@@H](CC(C)C)C(=O)N1)C2.